The molecule has 0 bridgehead atoms. The van der Waals surface area contributed by atoms with Gasteiger partial charge in [0.2, 0.25) is 5.91 Å². The van der Waals surface area contributed by atoms with Gasteiger partial charge in [0.05, 0.1) is 10.8 Å². The number of carbonyl (C=O) groups is 1. The first kappa shape index (κ1) is 10.1. The summed E-state index contributed by atoms with van der Waals surface area (Å²) in [5, 5.41) is 12.5. The van der Waals surface area contributed by atoms with E-state index in [1.807, 2.05) is 5.43 Å². The molecule has 0 aromatic heterocycles. The zero-order valence-corrected chi connectivity index (χ0v) is 7.71. The van der Waals surface area contributed by atoms with Gasteiger partial charge in [0, 0.05) is 6.54 Å². The maximum atomic E-state index is 11.1. The van der Waals surface area contributed by atoms with Gasteiger partial charge in [-0.25, -0.2) is 5.84 Å². The number of thioether (sulfide) groups is 1. The summed E-state index contributed by atoms with van der Waals surface area (Å²) < 4.78 is 0. The van der Waals surface area contributed by atoms with Crippen molar-refractivity contribution in [1.82, 2.24) is 10.5 Å². The summed E-state index contributed by atoms with van der Waals surface area (Å²) in [4.78, 5) is 10.7. The van der Waals surface area contributed by atoms with Crippen LogP contribution in [0.5, 0.6) is 0 Å². The van der Waals surface area contributed by atoms with Gasteiger partial charge in [-0.05, 0) is 6.08 Å². The highest BCUT2D eigenvalue weighted by Crippen LogP contribution is 2.21. The van der Waals surface area contributed by atoms with E-state index in [4.69, 9.17) is 5.84 Å². The maximum Gasteiger partial charge on any atom is 0.244 e. The molecule has 0 unspecified atom stereocenters. The Kier molecular flexibility index (Phi) is 3.81. The molecule has 0 atom stereocenters. The van der Waals surface area contributed by atoms with E-state index in [0.717, 1.165) is 5.06 Å². The molecule has 0 spiro atoms. The Labute approximate surface area is 80.2 Å². The fourth-order valence-electron chi connectivity index (χ4n) is 0.781. The van der Waals surface area contributed by atoms with Crippen LogP contribution in [-0.2, 0) is 4.79 Å². The van der Waals surface area contributed by atoms with Crippen molar-refractivity contribution >= 4 is 17.7 Å². The summed E-state index contributed by atoms with van der Waals surface area (Å²) in [5.41, 5.74) is 1.99. The summed E-state index contributed by atoms with van der Waals surface area (Å²) in [6.07, 6.45) is 5.21. The molecule has 5 nitrogen and oxygen atoms in total. The Morgan fingerprint density at radius 2 is 2.62 bits per heavy atom. The number of hydroxylamine groups is 2. The van der Waals surface area contributed by atoms with Crippen molar-refractivity contribution in [3.05, 3.63) is 28.5 Å². The topological polar surface area (TPSA) is 81.4 Å². The molecular formula is C7H10N3O2S-. The smallest absolute Gasteiger partial charge is 0.244 e. The van der Waals surface area contributed by atoms with Crippen LogP contribution in [0, 0.1) is 5.21 Å². The van der Waals surface area contributed by atoms with Crippen molar-refractivity contribution in [2.24, 2.45) is 5.84 Å². The lowest BCUT2D eigenvalue weighted by molar-refractivity contribution is -0.118. The second-order valence-electron chi connectivity index (χ2n) is 2.35. The molecule has 1 aliphatic rings. The highest BCUT2D eigenvalue weighted by atomic mass is 32.2. The fourth-order valence-corrected chi connectivity index (χ4v) is 1.54. The van der Waals surface area contributed by atoms with Crippen molar-refractivity contribution in [3.8, 4) is 0 Å². The van der Waals surface area contributed by atoms with E-state index in [2.05, 4.69) is 0 Å². The number of hydrazine groups is 1. The monoisotopic (exact) mass is 200 g/mol. The van der Waals surface area contributed by atoms with Gasteiger partial charge in [-0.3, -0.25) is 10.2 Å². The molecule has 0 fully saturated rings. The maximum absolute atomic E-state index is 11.1. The average molecular weight is 200 g/mol. The molecule has 0 saturated carbocycles. The Morgan fingerprint density at radius 3 is 3.23 bits per heavy atom. The highest BCUT2D eigenvalue weighted by Gasteiger charge is 2.05. The lowest BCUT2D eigenvalue weighted by Crippen LogP contribution is -2.32. The number of amides is 1. The third-order valence-corrected chi connectivity index (χ3v) is 2.45. The molecule has 13 heavy (non-hydrogen) atoms. The van der Waals surface area contributed by atoms with Crippen LogP contribution in [0.3, 0.4) is 0 Å². The number of nitrogens with one attached hydrogen (secondary N) is 1. The lowest BCUT2D eigenvalue weighted by Gasteiger charge is -2.32. The van der Waals surface area contributed by atoms with Crippen LogP contribution in [-0.4, -0.2) is 23.3 Å². The molecule has 0 saturated heterocycles. The number of rotatable bonds is 3. The molecule has 0 aromatic rings. The van der Waals surface area contributed by atoms with Crippen LogP contribution in [0.1, 0.15) is 0 Å². The number of nitrogens with two attached hydrogens (primary N) is 1. The molecule has 0 aromatic carbocycles. The third-order valence-electron chi connectivity index (χ3n) is 1.40. The van der Waals surface area contributed by atoms with Crippen LogP contribution in [0.15, 0.2) is 23.3 Å². The normalized spacial score (nSPS) is 15.5. The van der Waals surface area contributed by atoms with Gasteiger partial charge in [-0.1, -0.05) is 23.9 Å². The van der Waals surface area contributed by atoms with Gasteiger partial charge >= 0.3 is 0 Å². The van der Waals surface area contributed by atoms with Crippen LogP contribution >= 0.6 is 11.8 Å². The molecule has 1 rings (SSSR count). The zero-order chi connectivity index (χ0) is 9.68. The molecule has 72 valence electrons. The van der Waals surface area contributed by atoms with Crippen LogP contribution < -0.4 is 11.3 Å². The Morgan fingerprint density at radius 1 is 1.85 bits per heavy atom. The second kappa shape index (κ2) is 4.90. The van der Waals surface area contributed by atoms with Gasteiger partial charge in [0.1, 0.15) is 0 Å². The third kappa shape index (κ3) is 3.10. The summed E-state index contributed by atoms with van der Waals surface area (Å²) in [7, 11) is 0. The van der Waals surface area contributed by atoms with Crippen LogP contribution in [0.25, 0.3) is 0 Å². The molecule has 1 aliphatic heterocycles. The molecule has 6 heteroatoms. The van der Waals surface area contributed by atoms with E-state index in [1.54, 1.807) is 18.2 Å². The predicted octanol–water partition coefficient (Wildman–Crippen LogP) is -0.0795. The van der Waals surface area contributed by atoms with Gasteiger partial charge < -0.3 is 10.3 Å². The fraction of sp³-hybridized carbons (Fsp3) is 0.286. The molecule has 0 radical (unpaired) electrons. The lowest BCUT2D eigenvalue weighted by atomic mass is 10.4. The van der Waals surface area contributed by atoms with E-state index in [9.17, 15) is 10.0 Å². The second-order valence-corrected chi connectivity index (χ2v) is 3.35. The summed E-state index contributed by atoms with van der Waals surface area (Å²) in [5.74, 6) is 4.75. The number of nitrogens with zero attached hydrogens (tertiary/aromatic N) is 1. The quantitative estimate of drug-likeness (QED) is 0.378. The van der Waals surface area contributed by atoms with Gasteiger partial charge in [0.25, 0.3) is 0 Å². The first-order chi connectivity index (χ1) is 6.24. The SMILES string of the molecule is NNC(=O)CSC1=CC=CCN1[O-]. The van der Waals surface area contributed by atoms with Crippen molar-refractivity contribution in [1.29, 1.82) is 0 Å². The molecular weight excluding hydrogens is 190 g/mol. The van der Waals surface area contributed by atoms with Gasteiger partial charge in [-0.15, -0.1) is 0 Å². The van der Waals surface area contributed by atoms with E-state index >= 15 is 0 Å². The van der Waals surface area contributed by atoms with E-state index in [-0.39, 0.29) is 11.7 Å². The van der Waals surface area contributed by atoms with Gasteiger partial charge in [-0.2, -0.15) is 0 Å². The minimum atomic E-state index is -0.297. The number of hydrogen-bond donors (Lipinski definition) is 2. The summed E-state index contributed by atoms with van der Waals surface area (Å²) >= 11 is 1.17. The van der Waals surface area contributed by atoms with E-state index in [1.165, 1.54) is 11.8 Å². The first-order valence-corrected chi connectivity index (χ1v) is 4.66. The van der Waals surface area contributed by atoms with E-state index < -0.39 is 0 Å². The minimum Gasteiger partial charge on any atom is -0.758 e. The van der Waals surface area contributed by atoms with Crippen molar-refractivity contribution in [3.63, 3.8) is 0 Å². The van der Waals surface area contributed by atoms with Crippen molar-refractivity contribution in [2.45, 2.75) is 0 Å². The zero-order valence-electron chi connectivity index (χ0n) is 6.90. The Bertz CT molecular complexity index is 252. The summed E-state index contributed by atoms with van der Waals surface area (Å²) in [6, 6.07) is 0. The van der Waals surface area contributed by atoms with E-state index in [0.29, 0.717) is 11.6 Å². The van der Waals surface area contributed by atoms with Crippen LogP contribution in [0.2, 0.25) is 0 Å². The molecule has 1 heterocycles. The average Bonchev–Trinajstić information content (AvgIpc) is 2.16. The van der Waals surface area contributed by atoms with Crippen molar-refractivity contribution in [2.75, 3.05) is 12.3 Å². The Hall–Kier alpha value is -0.980. The highest BCUT2D eigenvalue weighted by molar-refractivity contribution is 8.03. The number of carbonyl (C=O) groups excluding carboxylic acids is 1. The molecule has 0 aliphatic carbocycles. The largest absolute Gasteiger partial charge is 0.758 e. The van der Waals surface area contributed by atoms with Crippen molar-refractivity contribution < 1.29 is 4.79 Å². The first-order valence-electron chi connectivity index (χ1n) is 3.68. The number of allylic oxidation sites excluding steroid dienone is 2. The molecule has 1 amide bonds. The predicted molar refractivity (Wildman–Crippen MR) is 52.1 cm³/mol. The summed E-state index contributed by atoms with van der Waals surface area (Å²) in [6.45, 7) is 0.336. The Balaban J connectivity index is 2.39. The minimum absolute atomic E-state index is 0.162. The van der Waals surface area contributed by atoms with Crippen LogP contribution in [0.4, 0.5) is 0 Å². The number of hydrogen-bond acceptors (Lipinski definition) is 5. The standard InChI is InChI=1S/C7H10N3O2S/c8-9-6(11)5-13-7-3-1-2-4-10(7)12/h1-3H,4-5,8H2,(H,9,11)/q-1. The van der Waals surface area contributed by atoms with Gasteiger partial charge in [0.15, 0.2) is 0 Å². The molecule has 3 N–H and O–H groups in total.